The molecule has 7 nitrogen and oxygen atoms in total. The van der Waals surface area contributed by atoms with Gasteiger partial charge in [-0.3, -0.25) is 9.59 Å². The fourth-order valence-electron chi connectivity index (χ4n) is 2.43. The molecular formula is C17H21N3O4S. The van der Waals surface area contributed by atoms with Crippen molar-refractivity contribution in [1.29, 1.82) is 0 Å². The Hall–Kier alpha value is -2.45. The maximum atomic E-state index is 12.2. The summed E-state index contributed by atoms with van der Waals surface area (Å²) in [6, 6.07) is 7.45. The van der Waals surface area contributed by atoms with E-state index in [0.717, 1.165) is 11.3 Å². The third-order valence-corrected chi connectivity index (χ3v) is 5.24. The fourth-order valence-corrected chi connectivity index (χ4v) is 3.47. The summed E-state index contributed by atoms with van der Waals surface area (Å²) in [6.45, 7) is 5.67. The number of hydrogen-bond donors (Lipinski definition) is 3. The van der Waals surface area contributed by atoms with Crippen molar-refractivity contribution in [2.24, 2.45) is 0 Å². The lowest BCUT2D eigenvalue weighted by Gasteiger charge is -2.09. The van der Waals surface area contributed by atoms with Crippen LogP contribution >= 0.6 is 0 Å². The van der Waals surface area contributed by atoms with Crippen molar-refractivity contribution in [2.45, 2.75) is 32.2 Å². The second kappa shape index (κ2) is 7.62. The molecule has 134 valence electrons. The van der Waals surface area contributed by atoms with Gasteiger partial charge >= 0.3 is 0 Å². The molecule has 0 saturated carbocycles. The molecule has 0 bridgehead atoms. The smallest absolute Gasteiger partial charge is 0.253 e. The van der Waals surface area contributed by atoms with Crippen LogP contribution in [0, 0.1) is 13.8 Å². The van der Waals surface area contributed by atoms with Gasteiger partial charge in [-0.05, 0) is 49.7 Å². The summed E-state index contributed by atoms with van der Waals surface area (Å²) in [6.07, 6.45) is 0. The lowest BCUT2D eigenvalue weighted by molar-refractivity contribution is 0.0950. The maximum absolute atomic E-state index is 12.2. The molecular weight excluding hydrogens is 342 g/mol. The molecule has 25 heavy (non-hydrogen) atoms. The molecule has 0 spiro atoms. The molecule has 0 unspecified atom stereocenters. The molecule has 8 heteroatoms. The first kappa shape index (κ1) is 18.9. The highest BCUT2D eigenvalue weighted by molar-refractivity contribution is 7.89. The number of carbonyl (C=O) groups excluding carboxylic acids is 1. The van der Waals surface area contributed by atoms with E-state index in [9.17, 15) is 18.0 Å². The van der Waals surface area contributed by atoms with E-state index in [1.165, 1.54) is 24.3 Å². The number of hydrogen-bond acceptors (Lipinski definition) is 4. The van der Waals surface area contributed by atoms with Crippen LogP contribution in [0.4, 0.5) is 0 Å². The van der Waals surface area contributed by atoms with Crippen LogP contribution in [-0.4, -0.2) is 25.9 Å². The van der Waals surface area contributed by atoms with Gasteiger partial charge in [-0.1, -0.05) is 6.92 Å². The number of aromatic nitrogens is 1. The van der Waals surface area contributed by atoms with Crippen molar-refractivity contribution < 1.29 is 13.2 Å². The number of carbonyl (C=O) groups is 1. The highest BCUT2D eigenvalue weighted by atomic mass is 32.2. The van der Waals surface area contributed by atoms with Crippen LogP contribution in [0.15, 0.2) is 40.0 Å². The standard InChI is InChI=1S/C17H21N3O4S/c1-4-19-25(23,24)14-7-5-13(6-8-14)16(21)18-10-15-11(2)9-12(3)20-17(15)22/h5-9,19H,4,10H2,1-3H3,(H,18,21)(H,20,22). The summed E-state index contributed by atoms with van der Waals surface area (Å²) in [5.41, 5.74) is 2.13. The van der Waals surface area contributed by atoms with Crippen LogP contribution in [0.25, 0.3) is 0 Å². The van der Waals surface area contributed by atoms with E-state index in [2.05, 4.69) is 15.0 Å². The quantitative estimate of drug-likeness (QED) is 0.717. The minimum atomic E-state index is -3.55. The minimum Gasteiger partial charge on any atom is -0.348 e. The molecule has 0 aliphatic rings. The molecule has 0 aliphatic carbocycles. The van der Waals surface area contributed by atoms with E-state index in [4.69, 9.17) is 0 Å². The van der Waals surface area contributed by atoms with E-state index in [0.29, 0.717) is 11.1 Å². The number of aryl methyl sites for hydroxylation is 2. The van der Waals surface area contributed by atoms with Crippen molar-refractivity contribution in [2.75, 3.05) is 6.54 Å². The molecule has 1 aromatic heterocycles. The number of benzene rings is 1. The monoisotopic (exact) mass is 363 g/mol. The molecule has 0 aliphatic heterocycles. The lowest BCUT2D eigenvalue weighted by atomic mass is 10.1. The zero-order chi connectivity index (χ0) is 18.6. The first-order valence-corrected chi connectivity index (χ1v) is 9.30. The zero-order valence-corrected chi connectivity index (χ0v) is 15.2. The van der Waals surface area contributed by atoms with Crippen molar-refractivity contribution in [1.82, 2.24) is 15.0 Å². The van der Waals surface area contributed by atoms with Crippen molar-refractivity contribution >= 4 is 15.9 Å². The minimum absolute atomic E-state index is 0.0942. The van der Waals surface area contributed by atoms with Crippen molar-refractivity contribution in [3.8, 4) is 0 Å². The van der Waals surface area contributed by atoms with Crippen molar-refractivity contribution in [3.05, 3.63) is 63.1 Å². The van der Waals surface area contributed by atoms with Gasteiger partial charge in [0, 0.05) is 29.9 Å². The van der Waals surface area contributed by atoms with Crippen LogP contribution in [0.3, 0.4) is 0 Å². The third-order valence-electron chi connectivity index (χ3n) is 3.68. The highest BCUT2D eigenvalue weighted by Gasteiger charge is 2.14. The van der Waals surface area contributed by atoms with Gasteiger partial charge in [0.25, 0.3) is 11.5 Å². The van der Waals surface area contributed by atoms with Gasteiger partial charge in [0.2, 0.25) is 10.0 Å². The van der Waals surface area contributed by atoms with Crippen LogP contribution in [0.2, 0.25) is 0 Å². The molecule has 0 fully saturated rings. The molecule has 3 N–H and O–H groups in total. The van der Waals surface area contributed by atoms with Gasteiger partial charge in [-0.25, -0.2) is 13.1 Å². The average molecular weight is 363 g/mol. The Morgan fingerprint density at radius 2 is 1.80 bits per heavy atom. The topological polar surface area (TPSA) is 108 Å². The highest BCUT2D eigenvalue weighted by Crippen LogP contribution is 2.11. The molecule has 1 aromatic carbocycles. The van der Waals surface area contributed by atoms with Crippen LogP contribution in [0.5, 0.6) is 0 Å². The number of H-pyrrole nitrogens is 1. The Morgan fingerprint density at radius 3 is 2.36 bits per heavy atom. The number of pyridine rings is 1. The van der Waals surface area contributed by atoms with Crippen LogP contribution in [0.1, 0.15) is 34.1 Å². The fraction of sp³-hybridized carbons (Fsp3) is 0.294. The largest absolute Gasteiger partial charge is 0.348 e. The van der Waals surface area contributed by atoms with E-state index >= 15 is 0 Å². The normalized spacial score (nSPS) is 11.3. The summed E-state index contributed by atoms with van der Waals surface area (Å²) in [4.78, 5) is 26.9. The van der Waals surface area contributed by atoms with Crippen LogP contribution in [-0.2, 0) is 16.6 Å². The first-order chi connectivity index (χ1) is 11.7. The summed E-state index contributed by atoms with van der Waals surface area (Å²) in [7, 11) is -3.55. The number of amides is 1. The molecule has 0 atom stereocenters. The Morgan fingerprint density at radius 1 is 1.16 bits per heavy atom. The second-order valence-electron chi connectivity index (χ2n) is 5.65. The SMILES string of the molecule is CCNS(=O)(=O)c1ccc(C(=O)NCc2c(C)cc(C)[nH]c2=O)cc1. The molecule has 2 rings (SSSR count). The second-order valence-corrected chi connectivity index (χ2v) is 7.42. The zero-order valence-electron chi connectivity index (χ0n) is 14.3. The summed E-state index contributed by atoms with van der Waals surface area (Å²) < 4.78 is 26.1. The van der Waals surface area contributed by atoms with Gasteiger partial charge in [-0.15, -0.1) is 0 Å². The lowest BCUT2D eigenvalue weighted by Crippen LogP contribution is -2.28. The Bertz CT molecular complexity index is 931. The van der Waals surface area contributed by atoms with Gasteiger partial charge in [-0.2, -0.15) is 0 Å². The molecule has 0 saturated heterocycles. The van der Waals surface area contributed by atoms with Gasteiger partial charge in [0.1, 0.15) is 0 Å². The average Bonchev–Trinajstić information content (AvgIpc) is 2.53. The van der Waals surface area contributed by atoms with Gasteiger partial charge in [0.05, 0.1) is 4.90 Å². The number of aromatic amines is 1. The van der Waals surface area contributed by atoms with Crippen molar-refractivity contribution in [3.63, 3.8) is 0 Å². The van der Waals surface area contributed by atoms with E-state index in [1.807, 2.05) is 13.0 Å². The Kier molecular flexibility index (Phi) is 5.76. The van der Waals surface area contributed by atoms with E-state index in [1.54, 1.807) is 13.8 Å². The number of sulfonamides is 1. The van der Waals surface area contributed by atoms with E-state index < -0.39 is 10.0 Å². The Labute approximate surface area is 146 Å². The Balaban J connectivity index is 2.11. The van der Waals surface area contributed by atoms with Gasteiger partial charge in [0.15, 0.2) is 0 Å². The molecule has 1 amide bonds. The molecule has 1 heterocycles. The maximum Gasteiger partial charge on any atom is 0.253 e. The van der Waals surface area contributed by atoms with Crippen LogP contribution < -0.4 is 15.6 Å². The molecule has 0 radical (unpaired) electrons. The van der Waals surface area contributed by atoms with E-state index in [-0.39, 0.29) is 29.5 Å². The number of nitrogens with one attached hydrogen (secondary N) is 3. The first-order valence-electron chi connectivity index (χ1n) is 7.82. The molecule has 2 aromatic rings. The predicted octanol–water partition coefficient (Wildman–Crippen LogP) is 1.22. The predicted molar refractivity (Wildman–Crippen MR) is 95.0 cm³/mol. The summed E-state index contributed by atoms with van der Waals surface area (Å²) in [5, 5.41) is 2.68. The third kappa shape index (κ3) is 4.55. The summed E-state index contributed by atoms with van der Waals surface area (Å²) >= 11 is 0. The summed E-state index contributed by atoms with van der Waals surface area (Å²) in [5.74, 6) is -0.383. The number of rotatable bonds is 6. The van der Waals surface area contributed by atoms with Gasteiger partial charge < -0.3 is 10.3 Å².